The normalized spacial score (nSPS) is 19.6. The fourth-order valence-corrected chi connectivity index (χ4v) is 3.57. The number of hydrogen-bond donors (Lipinski definition) is 0. The van der Waals surface area contributed by atoms with Crippen LogP contribution in [0.1, 0.15) is 41.4 Å². The molecule has 1 saturated heterocycles. The van der Waals surface area contributed by atoms with Gasteiger partial charge in [-0.15, -0.1) is 0 Å². The largest absolute Gasteiger partial charge is 0.490 e. The summed E-state index contributed by atoms with van der Waals surface area (Å²) in [6.07, 6.45) is 4.32. The van der Waals surface area contributed by atoms with Crippen LogP contribution in [0.4, 0.5) is 0 Å². The molecule has 1 fully saturated rings. The second-order valence-electron chi connectivity index (χ2n) is 6.27. The summed E-state index contributed by atoms with van der Waals surface area (Å²) in [6, 6.07) is 9.27. The van der Waals surface area contributed by atoms with E-state index in [1.807, 2.05) is 23.1 Å². The van der Waals surface area contributed by atoms with Crippen LogP contribution in [0.2, 0.25) is 5.02 Å². The zero-order valence-corrected chi connectivity index (χ0v) is 14.5. The zero-order valence-electron chi connectivity index (χ0n) is 13.8. The highest BCUT2D eigenvalue weighted by Crippen LogP contribution is 2.38. The van der Waals surface area contributed by atoms with E-state index in [1.165, 1.54) is 0 Å². The van der Waals surface area contributed by atoms with Gasteiger partial charge < -0.3 is 14.4 Å². The molecule has 25 heavy (non-hydrogen) atoms. The first-order chi connectivity index (χ1) is 12.2. The molecule has 1 amide bonds. The van der Waals surface area contributed by atoms with Crippen LogP contribution in [0.15, 0.2) is 36.5 Å². The van der Waals surface area contributed by atoms with Gasteiger partial charge in [0, 0.05) is 24.2 Å². The van der Waals surface area contributed by atoms with Crippen molar-refractivity contribution in [3.8, 4) is 11.5 Å². The molecule has 5 nitrogen and oxygen atoms in total. The van der Waals surface area contributed by atoms with Crippen molar-refractivity contribution in [1.82, 2.24) is 9.88 Å². The number of fused-ring (bicyclic) bond motifs is 1. The lowest BCUT2D eigenvalue weighted by atomic mass is 10.0. The van der Waals surface area contributed by atoms with Crippen LogP contribution in [-0.2, 0) is 0 Å². The number of benzene rings is 1. The summed E-state index contributed by atoms with van der Waals surface area (Å²) in [4.78, 5) is 18.9. The number of aromatic nitrogens is 1. The van der Waals surface area contributed by atoms with Crippen molar-refractivity contribution in [2.24, 2.45) is 0 Å². The van der Waals surface area contributed by atoms with Crippen molar-refractivity contribution in [2.45, 2.75) is 25.3 Å². The Hall–Kier alpha value is -2.27. The van der Waals surface area contributed by atoms with E-state index >= 15 is 0 Å². The molecule has 130 valence electrons. The average molecular weight is 359 g/mol. The van der Waals surface area contributed by atoms with Crippen molar-refractivity contribution in [2.75, 3.05) is 19.8 Å². The van der Waals surface area contributed by atoms with E-state index in [0.717, 1.165) is 36.3 Å². The molecule has 1 aromatic heterocycles. The molecule has 4 rings (SSSR count). The standard InChI is InChI=1S/C19H19ClN2O3/c20-14-6-7-21-15(12-14)19(23)22-8-1-3-16(22)13-4-5-17-18(11-13)25-10-2-9-24-17/h4-7,11-12,16H,1-3,8-10H2/t16-/m0/s1. The summed E-state index contributed by atoms with van der Waals surface area (Å²) in [7, 11) is 0. The number of amides is 1. The maximum atomic E-state index is 12.9. The highest BCUT2D eigenvalue weighted by atomic mass is 35.5. The molecule has 3 heterocycles. The number of likely N-dealkylation sites (tertiary alicyclic amines) is 1. The minimum absolute atomic E-state index is 0.0189. The maximum Gasteiger partial charge on any atom is 0.273 e. The number of halogens is 1. The van der Waals surface area contributed by atoms with Crippen molar-refractivity contribution in [1.29, 1.82) is 0 Å². The number of nitrogens with zero attached hydrogens (tertiary/aromatic N) is 2. The smallest absolute Gasteiger partial charge is 0.273 e. The van der Waals surface area contributed by atoms with Gasteiger partial charge in [0.25, 0.3) is 5.91 Å². The van der Waals surface area contributed by atoms with Crippen molar-refractivity contribution in [3.63, 3.8) is 0 Å². The Morgan fingerprint density at radius 1 is 1.12 bits per heavy atom. The lowest BCUT2D eigenvalue weighted by Gasteiger charge is -2.25. The van der Waals surface area contributed by atoms with E-state index in [-0.39, 0.29) is 11.9 Å². The molecule has 2 aromatic rings. The van der Waals surface area contributed by atoms with Crippen molar-refractivity contribution in [3.05, 3.63) is 52.8 Å². The number of carbonyl (C=O) groups excluding carboxylic acids is 1. The van der Waals surface area contributed by atoms with Gasteiger partial charge in [-0.2, -0.15) is 0 Å². The summed E-state index contributed by atoms with van der Waals surface area (Å²) in [5.74, 6) is 1.45. The molecule has 0 spiro atoms. The summed E-state index contributed by atoms with van der Waals surface area (Å²) < 4.78 is 11.5. The molecule has 1 atom stereocenters. The third kappa shape index (κ3) is 3.29. The second kappa shape index (κ2) is 6.92. The Labute approximate surface area is 151 Å². The van der Waals surface area contributed by atoms with E-state index in [0.29, 0.717) is 30.5 Å². The van der Waals surface area contributed by atoms with E-state index in [2.05, 4.69) is 4.98 Å². The maximum absolute atomic E-state index is 12.9. The summed E-state index contributed by atoms with van der Waals surface area (Å²) in [5.41, 5.74) is 1.45. The summed E-state index contributed by atoms with van der Waals surface area (Å²) in [5, 5.41) is 0.518. The predicted molar refractivity (Wildman–Crippen MR) is 94.3 cm³/mol. The van der Waals surface area contributed by atoms with Gasteiger partial charge in [0.15, 0.2) is 11.5 Å². The van der Waals surface area contributed by atoms with E-state index in [1.54, 1.807) is 18.3 Å². The third-order valence-electron chi connectivity index (χ3n) is 4.61. The molecule has 2 aliphatic rings. The average Bonchev–Trinajstić information content (AvgIpc) is 2.99. The quantitative estimate of drug-likeness (QED) is 0.817. The molecule has 0 unspecified atom stereocenters. The molecule has 0 aliphatic carbocycles. The van der Waals surface area contributed by atoms with E-state index in [4.69, 9.17) is 21.1 Å². The Bertz CT molecular complexity index is 796. The van der Waals surface area contributed by atoms with Crippen LogP contribution in [0.25, 0.3) is 0 Å². The fourth-order valence-electron chi connectivity index (χ4n) is 3.41. The first kappa shape index (κ1) is 16.2. The van der Waals surface area contributed by atoms with Crippen LogP contribution < -0.4 is 9.47 Å². The SMILES string of the molecule is O=C(c1cc(Cl)ccn1)N1CCC[C@H]1c1ccc2c(c1)OCCCO2. The van der Waals surface area contributed by atoms with Gasteiger partial charge in [-0.05, 0) is 42.7 Å². The van der Waals surface area contributed by atoms with Crippen LogP contribution >= 0.6 is 11.6 Å². The fraction of sp³-hybridized carbons (Fsp3) is 0.368. The number of hydrogen-bond acceptors (Lipinski definition) is 4. The van der Waals surface area contributed by atoms with Crippen LogP contribution in [0.3, 0.4) is 0 Å². The molecule has 0 N–H and O–H groups in total. The number of pyridine rings is 1. The Morgan fingerprint density at radius 3 is 2.80 bits per heavy atom. The van der Waals surface area contributed by atoms with Crippen LogP contribution in [-0.4, -0.2) is 35.5 Å². The topological polar surface area (TPSA) is 51.7 Å². The highest BCUT2D eigenvalue weighted by molar-refractivity contribution is 6.30. The zero-order chi connectivity index (χ0) is 17.2. The Kier molecular flexibility index (Phi) is 4.49. The minimum atomic E-state index is -0.0860. The van der Waals surface area contributed by atoms with Gasteiger partial charge in [0.1, 0.15) is 5.69 Å². The minimum Gasteiger partial charge on any atom is -0.490 e. The lowest BCUT2D eigenvalue weighted by molar-refractivity contribution is 0.0729. The second-order valence-corrected chi connectivity index (χ2v) is 6.71. The van der Waals surface area contributed by atoms with E-state index < -0.39 is 0 Å². The molecule has 2 aliphatic heterocycles. The Balaban J connectivity index is 1.61. The predicted octanol–water partition coefficient (Wildman–Crippen LogP) is 3.87. The molecule has 0 saturated carbocycles. The van der Waals surface area contributed by atoms with Crippen molar-refractivity contribution < 1.29 is 14.3 Å². The van der Waals surface area contributed by atoms with Gasteiger partial charge in [-0.1, -0.05) is 17.7 Å². The molecular formula is C19H19ClN2O3. The molecule has 0 bridgehead atoms. The van der Waals surface area contributed by atoms with Gasteiger partial charge in [0.2, 0.25) is 0 Å². The van der Waals surface area contributed by atoms with Crippen LogP contribution in [0.5, 0.6) is 11.5 Å². The highest BCUT2D eigenvalue weighted by Gasteiger charge is 2.32. The van der Waals surface area contributed by atoms with Gasteiger partial charge in [-0.25, -0.2) is 0 Å². The number of carbonyl (C=O) groups is 1. The van der Waals surface area contributed by atoms with Gasteiger partial charge in [-0.3, -0.25) is 9.78 Å². The summed E-state index contributed by atoms with van der Waals surface area (Å²) >= 11 is 6.00. The van der Waals surface area contributed by atoms with Gasteiger partial charge in [0.05, 0.1) is 19.3 Å². The molecular weight excluding hydrogens is 340 g/mol. The Morgan fingerprint density at radius 2 is 1.96 bits per heavy atom. The van der Waals surface area contributed by atoms with Crippen molar-refractivity contribution >= 4 is 17.5 Å². The van der Waals surface area contributed by atoms with Gasteiger partial charge >= 0.3 is 0 Å². The first-order valence-electron chi connectivity index (χ1n) is 8.54. The first-order valence-corrected chi connectivity index (χ1v) is 8.92. The number of rotatable bonds is 2. The monoisotopic (exact) mass is 358 g/mol. The lowest BCUT2D eigenvalue weighted by Crippen LogP contribution is -2.31. The molecule has 0 radical (unpaired) electrons. The van der Waals surface area contributed by atoms with E-state index in [9.17, 15) is 4.79 Å². The molecule has 1 aromatic carbocycles. The third-order valence-corrected chi connectivity index (χ3v) is 4.85. The number of ether oxygens (including phenoxy) is 2. The summed E-state index contributed by atoms with van der Waals surface area (Å²) in [6.45, 7) is 2.03. The molecule has 6 heteroatoms. The van der Waals surface area contributed by atoms with Crippen LogP contribution in [0, 0.1) is 0 Å².